The third-order valence-electron chi connectivity index (χ3n) is 5.41. The van der Waals surface area contributed by atoms with E-state index in [1.807, 2.05) is 30.1 Å². The van der Waals surface area contributed by atoms with Crippen LogP contribution in [-0.4, -0.2) is 65.5 Å². The van der Waals surface area contributed by atoms with E-state index in [1.54, 1.807) is 7.11 Å². The van der Waals surface area contributed by atoms with Crippen molar-refractivity contribution in [3.8, 4) is 5.75 Å². The third kappa shape index (κ3) is 4.18. The molecule has 0 saturated carbocycles. The zero-order valence-corrected chi connectivity index (χ0v) is 16.3. The van der Waals surface area contributed by atoms with E-state index >= 15 is 0 Å². The Balaban J connectivity index is 1.53. The van der Waals surface area contributed by atoms with Crippen LogP contribution in [0.3, 0.4) is 0 Å². The highest BCUT2D eigenvalue weighted by atomic mass is 16.5. The van der Waals surface area contributed by atoms with Crippen LogP contribution in [0.15, 0.2) is 18.2 Å². The zero-order chi connectivity index (χ0) is 18.7. The van der Waals surface area contributed by atoms with E-state index in [4.69, 9.17) is 4.74 Å². The van der Waals surface area contributed by atoms with Gasteiger partial charge >= 0.3 is 0 Å². The van der Waals surface area contributed by atoms with E-state index in [-0.39, 0.29) is 11.8 Å². The van der Waals surface area contributed by atoms with E-state index in [9.17, 15) is 4.79 Å². The van der Waals surface area contributed by atoms with Gasteiger partial charge in [0.1, 0.15) is 11.6 Å². The molecule has 2 heterocycles. The topological polar surface area (TPSA) is 61.5 Å². The van der Waals surface area contributed by atoms with Gasteiger partial charge in [-0.2, -0.15) is 0 Å². The Hall–Kier alpha value is -2.08. The van der Waals surface area contributed by atoms with Gasteiger partial charge in [-0.3, -0.25) is 4.79 Å². The molecule has 2 aromatic rings. The quantitative estimate of drug-likeness (QED) is 0.862. The first-order valence-corrected chi connectivity index (χ1v) is 9.49. The summed E-state index contributed by atoms with van der Waals surface area (Å²) in [6.45, 7) is 7.16. The molecule has 26 heavy (non-hydrogen) atoms. The number of carbonyl (C=O) groups is 1. The third-order valence-corrected chi connectivity index (χ3v) is 5.41. The van der Waals surface area contributed by atoms with Crippen molar-refractivity contribution in [2.24, 2.45) is 5.92 Å². The number of imidazole rings is 1. The van der Waals surface area contributed by atoms with E-state index in [0.29, 0.717) is 12.6 Å². The van der Waals surface area contributed by atoms with Crippen LogP contribution in [0.2, 0.25) is 0 Å². The lowest BCUT2D eigenvalue weighted by molar-refractivity contribution is -0.135. The fraction of sp³-hybridized carbons (Fsp3) is 0.600. The molecule has 1 amide bonds. The number of fused-ring (bicyclic) bond motifs is 1. The number of hydrogen-bond acceptors (Lipinski definition) is 4. The number of likely N-dealkylation sites (tertiary alicyclic amines) is 1. The van der Waals surface area contributed by atoms with E-state index in [2.05, 4.69) is 28.7 Å². The molecule has 1 aliphatic heterocycles. The van der Waals surface area contributed by atoms with Crippen LogP contribution in [0.4, 0.5) is 0 Å². The SMILES string of the molecule is COc1ccc2nc(CCN(C)C(=O)C3CCN(C(C)C)CC3)[nH]c2c1. The minimum atomic E-state index is 0.162. The van der Waals surface area contributed by atoms with Crippen molar-refractivity contribution in [2.45, 2.75) is 39.2 Å². The Morgan fingerprint density at radius 3 is 2.77 bits per heavy atom. The molecule has 0 bridgehead atoms. The Labute approximate surface area is 155 Å². The van der Waals surface area contributed by atoms with Crippen LogP contribution in [0.1, 0.15) is 32.5 Å². The molecule has 0 radical (unpaired) electrons. The average molecular weight is 358 g/mol. The summed E-state index contributed by atoms with van der Waals surface area (Å²) in [5.41, 5.74) is 1.89. The van der Waals surface area contributed by atoms with E-state index in [0.717, 1.165) is 55.0 Å². The summed E-state index contributed by atoms with van der Waals surface area (Å²) >= 11 is 0. The summed E-state index contributed by atoms with van der Waals surface area (Å²) in [6.07, 6.45) is 2.65. The van der Waals surface area contributed by atoms with Crippen LogP contribution < -0.4 is 4.74 Å². The van der Waals surface area contributed by atoms with E-state index < -0.39 is 0 Å². The normalized spacial score (nSPS) is 16.3. The van der Waals surface area contributed by atoms with Crippen LogP contribution in [0.5, 0.6) is 5.75 Å². The lowest BCUT2D eigenvalue weighted by Crippen LogP contribution is -2.43. The van der Waals surface area contributed by atoms with Crippen LogP contribution in [0.25, 0.3) is 11.0 Å². The average Bonchev–Trinajstić information content (AvgIpc) is 3.07. The minimum Gasteiger partial charge on any atom is -0.497 e. The molecule has 1 aromatic heterocycles. The van der Waals surface area contributed by atoms with Gasteiger partial charge in [0.2, 0.25) is 5.91 Å². The smallest absolute Gasteiger partial charge is 0.225 e. The fourth-order valence-electron chi connectivity index (χ4n) is 3.65. The first-order chi connectivity index (χ1) is 12.5. The number of likely N-dealkylation sites (N-methyl/N-ethyl adjacent to an activating group) is 1. The van der Waals surface area contributed by atoms with Gasteiger partial charge in [0, 0.05) is 38.0 Å². The molecule has 0 atom stereocenters. The number of benzene rings is 1. The molecule has 3 rings (SSSR count). The van der Waals surface area contributed by atoms with Gasteiger partial charge in [-0.15, -0.1) is 0 Å². The van der Waals surface area contributed by atoms with Crippen molar-refractivity contribution in [1.82, 2.24) is 19.8 Å². The molecule has 1 aliphatic rings. The van der Waals surface area contributed by atoms with Crippen LogP contribution >= 0.6 is 0 Å². The largest absolute Gasteiger partial charge is 0.497 e. The van der Waals surface area contributed by atoms with Crippen molar-refractivity contribution in [3.63, 3.8) is 0 Å². The molecule has 1 fully saturated rings. The number of H-pyrrole nitrogens is 1. The molecular weight excluding hydrogens is 328 g/mol. The molecule has 0 spiro atoms. The first-order valence-electron chi connectivity index (χ1n) is 9.49. The summed E-state index contributed by atoms with van der Waals surface area (Å²) in [4.78, 5) is 25.0. The molecule has 1 N–H and O–H groups in total. The number of amides is 1. The lowest BCUT2D eigenvalue weighted by Gasteiger charge is -2.35. The molecule has 142 valence electrons. The maximum absolute atomic E-state index is 12.7. The number of ether oxygens (including phenoxy) is 1. The number of nitrogens with one attached hydrogen (secondary N) is 1. The zero-order valence-electron chi connectivity index (χ0n) is 16.3. The second-order valence-corrected chi connectivity index (χ2v) is 7.48. The molecule has 1 saturated heterocycles. The summed E-state index contributed by atoms with van der Waals surface area (Å²) < 4.78 is 5.25. The number of rotatable bonds is 6. The number of aromatic nitrogens is 2. The highest BCUT2D eigenvalue weighted by molar-refractivity contribution is 5.79. The van der Waals surface area contributed by atoms with Crippen molar-refractivity contribution in [1.29, 1.82) is 0 Å². The molecule has 0 unspecified atom stereocenters. The summed E-state index contributed by atoms with van der Waals surface area (Å²) in [7, 11) is 3.56. The van der Waals surface area contributed by atoms with Crippen molar-refractivity contribution >= 4 is 16.9 Å². The monoisotopic (exact) mass is 358 g/mol. The molecule has 6 heteroatoms. The molecule has 6 nitrogen and oxygen atoms in total. The Morgan fingerprint density at radius 2 is 2.12 bits per heavy atom. The predicted octanol–water partition coefficient (Wildman–Crippen LogP) is 2.69. The second-order valence-electron chi connectivity index (χ2n) is 7.48. The number of nitrogens with zero attached hydrogens (tertiary/aromatic N) is 3. The van der Waals surface area contributed by atoms with Crippen molar-refractivity contribution < 1.29 is 9.53 Å². The number of carbonyl (C=O) groups excluding carboxylic acids is 1. The molecule has 1 aromatic carbocycles. The maximum Gasteiger partial charge on any atom is 0.225 e. The van der Waals surface area contributed by atoms with Gasteiger partial charge < -0.3 is 19.5 Å². The van der Waals surface area contributed by atoms with E-state index in [1.165, 1.54) is 0 Å². The number of methoxy groups -OCH3 is 1. The number of hydrogen-bond donors (Lipinski definition) is 1. The molecular formula is C20H30N4O2. The van der Waals surface area contributed by atoms with Gasteiger partial charge in [0.15, 0.2) is 0 Å². The minimum absolute atomic E-state index is 0.162. The highest BCUT2D eigenvalue weighted by Crippen LogP contribution is 2.21. The Kier molecular flexibility index (Phi) is 5.81. The van der Waals surface area contributed by atoms with Crippen LogP contribution in [-0.2, 0) is 11.2 Å². The summed E-state index contributed by atoms with van der Waals surface area (Å²) in [6, 6.07) is 6.37. The summed E-state index contributed by atoms with van der Waals surface area (Å²) in [5, 5.41) is 0. The standard InChI is InChI=1S/C20H30N4O2/c1-14(2)24-11-7-15(8-12-24)20(25)23(3)10-9-19-21-17-6-5-16(26-4)13-18(17)22-19/h5-6,13-15H,7-12H2,1-4H3,(H,21,22). The van der Waals surface area contributed by atoms with Gasteiger partial charge in [0.25, 0.3) is 0 Å². The number of aromatic amines is 1. The Bertz CT molecular complexity index is 747. The van der Waals surface area contributed by atoms with Crippen LogP contribution in [0, 0.1) is 5.92 Å². The second kappa shape index (κ2) is 8.08. The maximum atomic E-state index is 12.7. The van der Waals surface area contributed by atoms with Crippen molar-refractivity contribution in [3.05, 3.63) is 24.0 Å². The first kappa shape index (κ1) is 18.7. The van der Waals surface area contributed by atoms with Gasteiger partial charge in [-0.25, -0.2) is 4.98 Å². The lowest BCUT2D eigenvalue weighted by atomic mass is 9.94. The number of piperidine rings is 1. The Morgan fingerprint density at radius 1 is 1.38 bits per heavy atom. The van der Waals surface area contributed by atoms with Gasteiger partial charge in [-0.1, -0.05) is 0 Å². The van der Waals surface area contributed by atoms with Gasteiger partial charge in [0.05, 0.1) is 18.1 Å². The predicted molar refractivity (Wildman–Crippen MR) is 103 cm³/mol. The molecule has 0 aliphatic carbocycles. The van der Waals surface area contributed by atoms with Crippen molar-refractivity contribution in [2.75, 3.05) is 33.8 Å². The highest BCUT2D eigenvalue weighted by Gasteiger charge is 2.27. The fourth-order valence-corrected chi connectivity index (χ4v) is 3.65. The summed E-state index contributed by atoms with van der Waals surface area (Å²) in [5.74, 6) is 2.15. The van der Waals surface area contributed by atoms with Gasteiger partial charge in [-0.05, 0) is 51.9 Å².